The van der Waals surface area contributed by atoms with Crippen molar-refractivity contribution in [3.63, 3.8) is 0 Å². The SMILES string of the molecule is CCCCCCl.Cc1cc(=O)[nH]o1. The molecule has 0 aliphatic carbocycles. The molecule has 13 heavy (non-hydrogen) atoms. The van der Waals surface area contributed by atoms with Gasteiger partial charge >= 0.3 is 0 Å². The molecule has 0 aliphatic rings. The van der Waals surface area contributed by atoms with E-state index >= 15 is 0 Å². The van der Waals surface area contributed by atoms with E-state index in [1.807, 2.05) is 0 Å². The van der Waals surface area contributed by atoms with E-state index in [4.69, 9.17) is 11.6 Å². The fourth-order valence-corrected chi connectivity index (χ4v) is 0.908. The third-order valence-electron chi connectivity index (χ3n) is 1.38. The van der Waals surface area contributed by atoms with Crippen molar-refractivity contribution >= 4 is 11.6 Å². The van der Waals surface area contributed by atoms with E-state index in [2.05, 4.69) is 16.6 Å². The van der Waals surface area contributed by atoms with Crippen molar-refractivity contribution in [2.24, 2.45) is 0 Å². The van der Waals surface area contributed by atoms with Crippen LogP contribution in [0.3, 0.4) is 0 Å². The molecule has 0 radical (unpaired) electrons. The first-order valence-electron chi connectivity index (χ1n) is 4.41. The zero-order chi connectivity index (χ0) is 10.1. The lowest BCUT2D eigenvalue weighted by Gasteiger charge is -1.84. The number of hydrogen-bond donors (Lipinski definition) is 1. The lowest BCUT2D eigenvalue weighted by Crippen LogP contribution is -1.92. The number of H-pyrrole nitrogens is 1. The molecule has 0 amide bonds. The van der Waals surface area contributed by atoms with Crippen LogP contribution in [-0.2, 0) is 0 Å². The molecule has 1 N–H and O–H groups in total. The van der Waals surface area contributed by atoms with Crippen LogP contribution in [0, 0.1) is 6.92 Å². The third kappa shape index (κ3) is 7.65. The summed E-state index contributed by atoms with van der Waals surface area (Å²) in [6.45, 7) is 3.88. The molecule has 0 aliphatic heterocycles. The van der Waals surface area contributed by atoms with Gasteiger partial charge in [-0.2, -0.15) is 5.16 Å². The Morgan fingerprint density at radius 2 is 2.23 bits per heavy atom. The standard InChI is InChI=1S/C5H11Cl.C4H5NO2/c1-2-3-4-5-6;1-3-2-4(6)5-7-3/h2-5H2,1H3;2H,1H3,(H,5,6). The number of rotatable bonds is 3. The summed E-state index contributed by atoms with van der Waals surface area (Å²) in [5.74, 6) is 1.44. The Balaban J connectivity index is 0.000000226. The fourth-order valence-electron chi connectivity index (χ4n) is 0.719. The number of halogens is 1. The maximum Gasteiger partial charge on any atom is 0.280 e. The number of unbranched alkanes of at least 4 members (excludes halogenated alkanes) is 2. The van der Waals surface area contributed by atoms with Crippen molar-refractivity contribution in [3.8, 4) is 0 Å². The van der Waals surface area contributed by atoms with E-state index in [0.717, 1.165) is 5.88 Å². The van der Waals surface area contributed by atoms with Crippen LogP contribution in [0.4, 0.5) is 0 Å². The van der Waals surface area contributed by atoms with Crippen LogP contribution < -0.4 is 5.56 Å². The van der Waals surface area contributed by atoms with Crippen LogP contribution in [0.5, 0.6) is 0 Å². The van der Waals surface area contributed by atoms with E-state index in [9.17, 15) is 4.79 Å². The van der Waals surface area contributed by atoms with Gasteiger partial charge in [0.15, 0.2) is 0 Å². The number of alkyl halides is 1. The van der Waals surface area contributed by atoms with E-state index in [1.54, 1.807) is 6.92 Å². The summed E-state index contributed by atoms with van der Waals surface area (Å²) in [5, 5.41) is 2.14. The average molecular weight is 206 g/mol. The zero-order valence-electron chi connectivity index (χ0n) is 8.10. The Morgan fingerprint density at radius 3 is 2.38 bits per heavy atom. The van der Waals surface area contributed by atoms with Gasteiger partial charge in [-0.1, -0.05) is 19.8 Å². The smallest absolute Gasteiger partial charge is 0.280 e. The van der Waals surface area contributed by atoms with Crippen molar-refractivity contribution in [2.75, 3.05) is 5.88 Å². The van der Waals surface area contributed by atoms with E-state index < -0.39 is 0 Å². The van der Waals surface area contributed by atoms with Gasteiger partial charge in [-0.05, 0) is 13.3 Å². The van der Waals surface area contributed by atoms with Crippen LogP contribution in [0.15, 0.2) is 15.4 Å². The maximum absolute atomic E-state index is 10.1. The normalized spacial score (nSPS) is 9.15. The highest BCUT2D eigenvalue weighted by Gasteiger charge is 1.85. The Morgan fingerprint density at radius 1 is 1.54 bits per heavy atom. The highest BCUT2D eigenvalue weighted by molar-refractivity contribution is 6.17. The van der Waals surface area contributed by atoms with Gasteiger partial charge in [0, 0.05) is 11.9 Å². The molecule has 1 rings (SSSR count). The molecule has 0 atom stereocenters. The molecule has 1 aromatic rings. The molecule has 0 unspecified atom stereocenters. The predicted molar refractivity (Wildman–Crippen MR) is 54.3 cm³/mol. The number of nitrogens with one attached hydrogen (secondary N) is 1. The number of aryl methyl sites for hydroxylation is 1. The van der Waals surface area contributed by atoms with Crippen LogP contribution >= 0.6 is 11.6 Å². The largest absolute Gasteiger partial charge is 0.384 e. The quantitative estimate of drug-likeness (QED) is 0.609. The van der Waals surface area contributed by atoms with Crippen molar-refractivity contribution < 1.29 is 4.52 Å². The van der Waals surface area contributed by atoms with Crippen molar-refractivity contribution in [1.29, 1.82) is 0 Å². The van der Waals surface area contributed by atoms with Crippen LogP contribution in [0.1, 0.15) is 31.9 Å². The molecule has 3 nitrogen and oxygen atoms in total. The molecule has 0 spiro atoms. The molecule has 0 fully saturated rings. The summed E-state index contributed by atoms with van der Waals surface area (Å²) in [7, 11) is 0. The van der Waals surface area contributed by atoms with Crippen LogP contribution in [-0.4, -0.2) is 11.0 Å². The first-order chi connectivity index (χ1) is 6.20. The minimum atomic E-state index is -0.183. The summed E-state index contributed by atoms with van der Waals surface area (Å²) in [6.07, 6.45) is 3.73. The minimum Gasteiger partial charge on any atom is -0.384 e. The molecule has 1 aromatic heterocycles. The average Bonchev–Trinajstić information content (AvgIpc) is 2.47. The Hall–Kier alpha value is -0.700. The Bertz CT molecular complexity index is 250. The minimum absolute atomic E-state index is 0.183. The van der Waals surface area contributed by atoms with Crippen molar-refractivity contribution in [1.82, 2.24) is 5.16 Å². The summed E-state index contributed by atoms with van der Waals surface area (Å²) in [4.78, 5) is 10.1. The number of hydrogen-bond acceptors (Lipinski definition) is 2. The van der Waals surface area contributed by atoms with Crippen LogP contribution in [0.25, 0.3) is 0 Å². The summed E-state index contributed by atoms with van der Waals surface area (Å²) in [5.41, 5.74) is -0.183. The van der Waals surface area contributed by atoms with Gasteiger partial charge in [-0.15, -0.1) is 11.6 Å². The first kappa shape index (κ1) is 12.3. The maximum atomic E-state index is 10.1. The van der Waals surface area contributed by atoms with E-state index in [1.165, 1.54) is 25.3 Å². The second kappa shape index (κ2) is 7.92. The van der Waals surface area contributed by atoms with Gasteiger partial charge in [0.25, 0.3) is 5.56 Å². The van der Waals surface area contributed by atoms with Crippen LogP contribution in [0.2, 0.25) is 0 Å². The van der Waals surface area contributed by atoms with Crippen molar-refractivity contribution in [2.45, 2.75) is 33.1 Å². The molecule has 0 saturated carbocycles. The zero-order valence-corrected chi connectivity index (χ0v) is 8.86. The van der Waals surface area contributed by atoms with Gasteiger partial charge in [-0.3, -0.25) is 4.79 Å². The molecule has 0 saturated heterocycles. The van der Waals surface area contributed by atoms with Crippen molar-refractivity contribution in [3.05, 3.63) is 22.2 Å². The monoisotopic (exact) mass is 205 g/mol. The van der Waals surface area contributed by atoms with Gasteiger partial charge in [0.2, 0.25) is 0 Å². The lowest BCUT2D eigenvalue weighted by atomic mass is 10.3. The Labute approximate surface area is 83.1 Å². The highest BCUT2D eigenvalue weighted by Crippen LogP contribution is 1.93. The predicted octanol–water partition coefficient (Wildman–Crippen LogP) is 2.69. The summed E-state index contributed by atoms with van der Waals surface area (Å²) < 4.78 is 4.53. The first-order valence-corrected chi connectivity index (χ1v) is 4.95. The summed E-state index contributed by atoms with van der Waals surface area (Å²) >= 11 is 5.38. The fraction of sp³-hybridized carbons (Fsp3) is 0.667. The lowest BCUT2D eigenvalue weighted by molar-refractivity contribution is 0.392. The second-order valence-electron chi connectivity index (χ2n) is 2.72. The molecule has 0 bridgehead atoms. The number of aromatic amines is 1. The molecule has 0 aromatic carbocycles. The van der Waals surface area contributed by atoms with E-state index in [0.29, 0.717) is 5.76 Å². The van der Waals surface area contributed by atoms with Gasteiger partial charge in [-0.25, -0.2) is 0 Å². The molecular formula is C9H16ClNO2. The molecule has 4 heteroatoms. The third-order valence-corrected chi connectivity index (χ3v) is 1.65. The molecular weight excluding hydrogens is 190 g/mol. The topological polar surface area (TPSA) is 46.0 Å². The highest BCUT2D eigenvalue weighted by atomic mass is 35.5. The molecule has 1 heterocycles. The van der Waals surface area contributed by atoms with Gasteiger partial charge in [0.1, 0.15) is 5.76 Å². The second-order valence-corrected chi connectivity index (χ2v) is 3.10. The van der Waals surface area contributed by atoms with E-state index in [-0.39, 0.29) is 5.56 Å². The number of aromatic nitrogens is 1. The molecule has 76 valence electrons. The Kier molecular flexibility index (Phi) is 7.50. The van der Waals surface area contributed by atoms with Gasteiger partial charge < -0.3 is 4.52 Å². The summed E-state index contributed by atoms with van der Waals surface area (Å²) in [6, 6.07) is 1.39. The van der Waals surface area contributed by atoms with Gasteiger partial charge in [0.05, 0.1) is 0 Å².